The average Bonchev–Trinajstić information content (AvgIpc) is 3.29. The third kappa shape index (κ3) is 4.35. The molecule has 4 heteroatoms. The smallest absolute Gasteiger partial charge is 0.254 e. The van der Waals surface area contributed by atoms with Crippen LogP contribution in [0.3, 0.4) is 0 Å². The molecule has 1 aliphatic rings. The molecule has 0 bridgehead atoms. The molecule has 1 fully saturated rings. The molecule has 0 unspecified atom stereocenters. The highest BCUT2D eigenvalue weighted by atomic mass is 32.1. The molecular weight excluding hydrogens is 306 g/mol. The molecule has 0 N–H and O–H groups in total. The molecule has 1 amide bonds. The van der Waals surface area contributed by atoms with Crippen LogP contribution in [0, 0.1) is 0 Å². The average molecular weight is 329 g/mol. The van der Waals surface area contributed by atoms with Crippen molar-refractivity contribution in [3.8, 4) is 5.75 Å². The Bertz CT molecular complexity index is 617. The zero-order valence-electron chi connectivity index (χ0n) is 13.5. The zero-order valence-corrected chi connectivity index (χ0v) is 14.3. The number of hydrogen-bond acceptors (Lipinski definition) is 3. The second-order valence-electron chi connectivity index (χ2n) is 6.02. The van der Waals surface area contributed by atoms with Gasteiger partial charge in [0.1, 0.15) is 5.75 Å². The first-order chi connectivity index (χ1) is 11.3. The predicted octanol–water partition coefficient (Wildman–Crippen LogP) is 4.73. The lowest BCUT2D eigenvalue weighted by atomic mass is 10.1. The van der Waals surface area contributed by atoms with E-state index in [1.807, 2.05) is 29.2 Å². The lowest BCUT2D eigenvalue weighted by Gasteiger charge is -2.22. The third-order valence-electron chi connectivity index (χ3n) is 4.05. The Balaban J connectivity index is 1.65. The van der Waals surface area contributed by atoms with E-state index in [0.717, 1.165) is 43.6 Å². The van der Waals surface area contributed by atoms with Gasteiger partial charge in [-0.2, -0.15) is 11.3 Å². The summed E-state index contributed by atoms with van der Waals surface area (Å²) in [4.78, 5) is 14.8. The maximum atomic E-state index is 12.8. The molecule has 0 radical (unpaired) electrons. The number of amides is 1. The standard InChI is InChI=1S/C19H23NO2S/c1-2-3-11-22-18-8-4-16(5-9-18)19(21)20(17-6-7-17)13-15-10-12-23-14-15/h4-5,8-10,12,14,17H,2-3,6-7,11,13H2,1H3. The summed E-state index contributed by atoms with van der Waals surface area (Å²) >= 11 is 1.68. The largest absolute Gasteiger partial charge is 0.494 e. The number of thiophene rings is 1. The zero-order chi connectivity index (χ0) is 16.1. The van der Waals surface area contributed by atoms with Crippen molar-refractivity contribution in [1.82, 2.24) is 4.90 Å². The Kier molecular flexibility index (Phi) is 5.34. The number of nitrogens with zero attached hydrogens (tertiary/aromatic N) is 1. The van der Waals surface area contributed by atoms with Crippen LogP contribution in [-0.4, -0.2) is 23.5 Å². The second kappa shape index (κ2) is 7.64. The fourth-order valence-corrected chi connectivity index (χ4v) is 3.19. The highest BCUT2D eigenvalue weighted by Crippen LogP contribution is 2.30. The minimum absolute atomic E-state index is 0.124. The molecule has 0 saturated heterocycles. The summed E-state index contributed by atoms with van der Waals surface area (Å²) in [5.41, 5.74) is 1.96. The van der Waals surface area contributed by atoms with Gasteiger partial charge >= 0.3 is 0 Å². The van der Waals surface area contributed by atoms with E-state index in [4.69, 9.17) is 4.74 Å². The van der Waals surface area contributed by atoms with Crippen molar-refractivity contribution in [3.63, 3.8) is 0 Å². The molecule has 0 atom stereocenters. The van der Waals surface area contributed by atoms with Crippen molar-refractivity contribution in [3.05, 3.63) is 52.2 Å². The quantitative estimate of drug-likeness (QED) is 0.655. The van der Waals surface area contributed by atoms with Crippen molar-refractivity contribution < 1.29 is 9.53 Å². The number of hydrogen-bond donors (Lipinski definition) is 0. The van der Waals surface area contributed by atoms with Crippen LogP contribution < -0.4 is 4.74 Å². The molecule has 0 spiro atoms. The van der Waals surface area contributed by atoms with E-state index in [-0.39, 0.29) is 5.91 Å². The highest BCUT2D eigenvalue weighted by molar-refractivity contribution is 7.07. The van der Waals surface area contributed by atoms with Crippen molar-refractivity contribution in [1.29, 1.82) is 0 Å². The van der Waals surface area contributed by atoms with Crippen LogP contribution in [-0.2, 0) is 6.54 Å². The highest BCUT2D eigenvalue weighted by Gasteiger charge is 2.33. The molecule has 122 valence electrons. The number of rotatable bonds is 8. The predicted molar refractivity (Wildman–Crippen MR) is 94.1 cm³/mol. The van der Waals surface area contributed by atoms with E-state index >= 15 is 0 Å². The van der Waals surface area contributed by atoms with Crippen LogP contribution in [0.1, 0.15) is 48.5 Å². The van der Waals surface area contributed by atoms with Crippen LogP contribution in [0.4, 0.5) is 0 Å². The first kappa shape index (κ1) is 16.1. The third-order valence-corrected chi connectivity index (χ3v) is 4.78. The van der Waals surface area contributed by atoms with Gasteiger partial charge in [0.05, 0.1) is 6.61 Å². The normalized spacial score (nSPS) is 13.8. The minimum atomic E-state index is 0.124. The second-order valence-corrected chi connectivity index (χ2v) is 6.80. The van der Waals surface area contributed by atoms with Gasteiger partial charge in [0.15, 0.2) is 0 Å². The summed E-state index contributed by atoms with van der Waals surface area (Å²) < 4.78 is 5.66. The summed E-state index contributed by atoms with van der Waals surface area (Å²) in [7, 11) is 0. The summed E-state index contributed by atoms with van der Waals surface area (Å²) in [5, 5.41) is 4.18. The van der Waals surface area contributed by atoms with Gasteiger partial charge in [0.25, 0.3) is 5.91 Å². The lowest BCUT2D eigenvalue weighted by Crippen LogP contribution is -2.32. The Morgan fingerprint density at radius 2 is 2.04 bits per heavy atom. The number of carbonyl (C=O) groups excluding carboxylic acids is 1. The van der Waals surface area contributed by atoms with E-state index in [9.17, 15) is 4.79 Å². The molecule has 23 heavy (non-hydrogen) atoms. The number of unbranched alkanes of at least 4 members (excludes halogenated alkanes) is 1. The maximum Gasteiger partial charge on any atom is 0.254 e. The van der Waals surface area contributed by atoms with E-state index < -0.39 is 0 Å². The van der Waals surface area contributed by atoms with E-state index in [1.54, 1.807) is 11.3 Å². The Labute approximate surface area is 141 Å². The van der Waals surface area contributed by atoms with Gasteiger partial charge < -0.3 is 9.64 Å². The first-order valence-electron chi connectivity index (χ1n) is 8.33. The van der Waals surface area contributed by atoms with Gasteiger partial charge in [-0.25, -0.2) is 0 Å². The topological polar surface area (TPSA) is 29.5 Å². The van der Waals surface area contributed by atoms with Gasteiger partial charge in [0.2, 0.25) is 0 Å². The fourth-order valence-electron chi connectivity index (χ4n) is 2.53. The summed E-state index contributed by atoms with van der Waals surface area (Å²) in [6.45, 7) is 3.59. The first-order valence-corrected chi connectivity index (χ1v) is 9.27. The van der Waals surface area contributed by atoms with Crippen LogP contribution >= 0.6 is 11.3 Å². The van der Waals surface area contributed by atoms with E-state index in [1.165, 1.54) is 5.56 Å². The van der Waals surface area contributed by atoms with Crippen molar-refractivity contribution in [2.75, 3.05) is 6.61 Å². The monoisotopic (exact) mass is 329 g/mol. The van der Waals surface area contributed by atoms with Gasteiger partial charge in [-0.05, 0) is 65.9 Å². The Morgan fingerprint density at radius 1 is 1.26 bits per heavy atom. The van der Waals surface area contributed by atoms with Crippen molar-refractivity contribution in [2.45, 2.75) is 45.2 Å². The van der Waals surface area contributed by atoms with Gasteiger partial charge in [-0.1, -0.05) is 13.3 Å². The molecule has 1 aromatic heterocycles. The van der Waals surface area contributed by atoms with Gasteiger partial charge in [-0.3, -0.25) is 4.79 Å². The van der Waals surface area contributed by atoms with E-state index in [0.29, 0.717) is 12.6 Å². The molecule has 1 aliphatic carbocycles. The van der Waals surface area contributed by atoms with Crippen molar-refractivity contribution in [2.24, 2.45) is 0 Å². The summed E-state index contributed by atoms with van der Waals surface area (Å²) in [6, 6.07) is 10.1. The fraction of sp³-hybridized carbons (Fsp3) is 0.421. The van der Waals surface area contributed by atoms with Crippen molar-refractivity contribution >= 4 is 17.2 Å². The summed E-state index contributed by atoms with van der Waals surface area (Å²) in [5.74, 6) is 0.963. The number of ether oxygens (including phenoxy) is 1. The molecular formula is C19H23NO2S. The molecule has 1 aromatic carbocycles. The number of carbonyl (C=O) groups is 1. The Hall–Kier alpha value is -1.81. The van der Waals surface area contributed by atoms with Crippen LogP contribution in [0.5, 0.6) is 5.75 Å². The SMILES string of the molecule is CCCCOc1ccc(C(=O)N(Cc2ccsc2)C2CC2)cc1. The summed E-state index contributed by atoms with van der Waals surface area (Å²) in [6.07, 6.45) is 4.41. The van der Waals surface area contributed by atoms with Gasteiger partial charge in [0, 0.05) is 18.2 Å². The van der Waals surface area contributed by atoms with Crippen LogP contribution in [0.2, 0.25) is 0 Å². The molecule has 3 nitrogen and oxygen atoms in total. The molecule has 1 heterocycles. The van der Waals surface area contributed by atoms with Crippen LogP contribution in [0.15, 0.2) is 41.1 Å². The Morgan fingerprint density at radius 3 is 2.65 bits per heavy atom. The van der Waals surface area contributed by atoms with Gasteiger partial charge in [-0.15, -0.1) is 0 Å². The molecule has 0 aliphatic heterocycles. The minimum Gasteiger partial charge on any atom is -0.494 e. The molecule has 1 saturated carbocycles. The van der Waals surface area contributed by atoms with Crippen LogP contribution in [0.25, 0.3) is 0 Å². The maximum absolute atomic E-state index is 12.8. The molecule has 2 aromatic rings. The number of benzene rings is 1. The lowest BCUT2D eigenvalue weighted by molar-refractivity contribution is 0.0730. The molecule has 3 rings (SSSR count). The van der Waals surface area contributed by atoms with E-state index in [2.05, 4.69) is 23.8 Å².